The number of hydrogen-bond donors (Lipinski definition) is 10. The zero-order chi connectivity index (χ0) is 36.6. The van der Waals surface area contributed by atoms with Gasteiger partial charge in [-0.15, -0.1) is 0 Å². The first kappa shape index (κ1) is 42.7. The number of aliphatic hydroxyl groups excluding tert-OH is 1. The number of nitrogens with two attached hydrogens (primary N) is 4. The van der Waals surface area contributed by atoms with Gasteiger partial charge in [-0.1, -0.05) is 48.0 Å². The van der Waals surface area contributed by atoms with Gasteiger partial charge in [-0.05, 0) is 30.6 Å². The van der Waals surface area contributed by atoms with Gasteiger partial charge in [0.2, 0.25) is 47.3 Å². The van der Waals surface area contributed by atoms with Crippen LogP contribution in [-0.2, 0) is 38.4 Å². The fraction of sp³-hybridized carbons (Fsp3) is 0.724. The minimum Gasteiger partial charge on any atom is -0.394 e. The van der Waals surface area contributed by atoms with E-state index in [1.54, 1.807) is 27.7 Å². The molecular weight excluding hydrogens is 618 g/mol. The van der Waals surface area contributed by atoms with Gasteiger partial charge in [0.05, 0.1) is 25.5 Å². The van der Waals surface area contributed by atoms with Crippen LogP contribution >= 0.6 is 0 Å². The highest BCUT2D eigenvalue weighted by atomic mass is 16.3. The number of aliphatic hydroxyl groups is 1. The molecule has 0 unspecified atom stereocenters. The van der Waals surface area contributed by atoms with Crippen LogP contribution in [-0.4, -0.2) is 95.2 Å². The Labute approximate surface area is 274 Å². The van der Waals surface area contributed by atoms with Gasteiger partial charge in [0.25, 0.3) is 0 Å². The molecule has 0 aromatic carbocycles. The molecule has 0 fully saturated rings. The van der Waals surface area contributed by atoms with E-state index in [-0.39, 0.29) is 24.7 Å². The lowest BCUT2D eigenvalue weighted by molar-refractivity contribution is -0.137. The number of amides is 8. The maximum absolute atomic E-state index is 13.5. The summed E-state index contributed by atoms with van der Waals surface area (Å²) in [4.78, 5) is 100.0. The molecule has 18 heteroatoms. The minimum absolute atomic E-state index is 0.0567. The van der Waals surface area contributed by atoms with E-state index in [1.807, 2.05) is 13.8 Å². The van der Waals surface area contributed by atoms with E-state index in [9.17, 15) is 43.5 Å². The summed E-state index contributed by atoms with van der Waals surface area (Å²) in [5.74, 6) is -7.75. The Balaban J connectivity index is 5.95. The fourth-order valence-electron chi connectivity index (χ4n) is 4.39. The minimum atomic E-state index is -1.63. The molecule has 0 aliphatic rings. The summed E-state index contributed by atoms with van der Waals surface area (Å²) < 4.78 is 0. The molecule has 47 heavy (non-hydrogen) atoms. The lowest BCUT2D eigenvalue weighted by Crippen LogP contribution is -2.61. The highest BCUT2D eigenvalue weighted by Gasteiger charge is 2.35. The topological polar surface area (TPSA) is 321 Å². The third-order valence-corrected chi connectivity index (χ3v) is 7.11. The number of carbonyl (C=O) groups is 8. The second-order valence-electron chi connectivity index (χ2n) is 12.4. The van der Waals surface area contributed by atoms with Crippen molar-refractivity contribution < 1.29 is 43.5 Å². The van der Waals surface area contributed by atoms with Crippen LogP contribution in [0.4, 0.5) is 0 Å². The molecule has 8 amide bonds. The van der Waals surface area contributed by atoms with Crippen molar-refractivity contribution in [1.29, 1.82) is 0 Å². The van der Waals surface area contributed by atoms with Crippen LogP contribution in [0, 0.1) is 17.8 Å². The van der Waals surface area contributed by atoms with E-state index in [0.717, 1.165) is 0 Å². The second-order valence-corrected chi connectivity index (χ2v) is 12.4. The largest absolute Gasteiger partial charge is 0.394 e. The van der Waals surface area contributed by atoms with Crippen molar-refractivity contribution in [2.24, 2.45) is 40.7 Å². The summed E-state index contributed by atoms with van der Waals surface area (Å²) in [6.07, 6.45) is -0.418. The monoisotopic (exact) mass is 671 g/mol. The Hall–Kier alpha value is -4.32. The molecule has 0 spiro atoms. The molecule has 0 aliphatic carbocycles. The molecule has 0 heterocycles. The summed E-state index contributed by atoms with van der Waals surface area (Å²) in [6.45, 7) is 9.67. The molecule has 18 nitrogen and oxygen atoms in total. The molecule has 0 rings (SSSR count). The standard InChI is InChI=1S/C29H53N9O9/c1-7-15(6)23(29(47)36-18(9-14(4)5)26(44)34-17(24(33)42)10-21(31)40)38-28(46)20(12-39)37-27(45)19(11-22(32)41)35-25(43)16(30)8-13(2)3/h13-20,23,39H,7-12,30H2,1-6H3,(H2,31,40)(H2,32,41)(H2,33,42)(H,34,44)(H,35,43)(H,36,47)(H,37,45)(H,38,46)/t15-,16-,17-,18-,19-,20-,23-/m0/s1. The normalized spacial score (nSPS) is 15.6. The molecule has 0 radical (unpaired) electrons. The van der Waals surface area contributed by atoms with Crippen LogP contribution < -0.4 is 49.5 Å². The highest BCUT2D eigenvalue weighted by molar-refractivity contribution is 5.98. The number of rotatable bonds is 22. The molecule has 0 saturated carbocycles. The summed E-state index contributed by atoms with van der Waals surface area (Å²) in [7, 11) is 0. The molecule has 0 aliphatic heterocycles. The maximum Gasteiger partial charge on any atom is 0.245 e. The second kappa shape index (κ2) is 20.7. The van der Waals surface area contributed by atoms with Gasteiger partial charge in [0.15, 0.2) is 0 Å². The average molecular weight is 672 g/mol. The number of hydrogen-bond acceptors (Lipinski definition) is 10. The lowest BCUT2D eigenvalue weighted by atomic mass is 9.96. The first-order valence-electron chi connectivity index (χ1n) is 15.5. The van der Waals surface area contributed by atoms with Crippen LogP contribution in [0.5, 0.6) is 0 Å². The molecule has 0 aromatic rings. The van der Waals surface area contributed by atoms with Crippen LogP contribution in [0.2, 0.25) is 0 Å². The van der Waals surface area contributed by atoms with Crippen molar-refractivity contribution in [2.45, 2.75) is 110 Å². The first-order valence-corrected chi connectivity index (χ1v) is 15.5. The Bertz CT molecular complexity index is 1130. The van der Waals surface area contributed by atoms with Gasteiger partial charge in [0.1, 0.15) is 30.2 Å². The summed E-state index contributed by atoms with van der Waals surface area (Å²) in [5, 5.41) is 21.9. The summed E-state index contributed by atoms with van der Waals surface area (Å²) in [5.41, 5.74) is 21.5. The van der Waals surface area contributed by atoms with Gasteiger partial charge in [-0.2, -0.15) is 0 Å². The fourth-order valence-corrected chi connectivity index (χ4v) is 4.39. The predicted molar refractivity (Wildman–Crippen MR) is 170 cm³/mol. The Kier molecular flexibility index (Phi) is 18.8. The third-order valence-electron chi connectivity index (χ3n) is 7.11. The Morgan fingerprint density at radius 2 is 1.00 bits per heavy atom. The van der Waals surface area contributed by atoms with Crippen LogP contribution in [0.3, 0.4) is 0 Å². The molecule has 7 atom stereocenters. The van der Waals surface area contributed by atoms with Gasteiger partial charge in [-0.3, -0.25) is 38.4 Å². The number of nitrogens with one attached hydrogen (secondary N) is 5. The van der Waals surface area contributed by atoms with Crippen molar-refractivity contribution in [2.75, 3.05) is 6.61 Å². The van der Waals surface area contributed by atoms with Crippen molar-refractivity contribution in [3.63, 3.8) is 0 Å². The van der Waals surface area contributed by atoms with Gasteiger partial charge < -0.3 is 54.6 Å². The average Bonchev–Trinajstić information content (AvgIpc) is 2.95. The van der Waals surface area contributed by atoms with Crippen LogP contribution in [0.15, 0.2) is 0 Å². The van der Waals surface area contributed by atoms with Gasteiger partial charge >= 0.3 is 0 Å². The zero-order valence-electron chi connectivity index (χ0n) is 28.0. The smallest absolute Gasteiger partial charge is 0.245 e. The molecule has 0 aromatic heterocycles. The molecule has 0 saturated heterocycles. The molecule has 268 valence electrons. The van der Waals surface area contributed by atoms with Crippen molar-refractivity contribution in [3.8, 4) is 0 Å². The van der Waals surface area contributed by atoms with Crippen molar-refractivity contribution in [1.82, 2.24) is 26.6 Å². The number of carbonyl (C=O) groups excluding carboxylic acids is 8. The van der Waals surface area contributed by atoms with Crippen molar-refractivity contribution in [3.05, 3.63) is 0 Å². The summed E-state index contributed by atoms with van der Waals surface area (Å²) in [6, 6.07) is -8.03. The van der Waals surface area contributed by atoms with E-state index in [4.69, 9.17) is 22.9 Å². The van der Waals surface area contributed by atoms with Crippen molar-refractivity contribution >= 4 is 47.3 Å². The summed E-state index contributed by atoms with van der Waals surface area (Å²) >= 11 is 0. The highest BCUT2D eigenvalue weighted by Crippen LogP contribution is 2.12. The van der Waals surface area contributed by atoms with E-state index < -0.39 is 109 Å². The molecular formula is C29H53N9O9. The van der Waals surface area contributed by atoms with Gasteiger partial charge in [0, 0.05) is 0 Å². The van der Waals surface area contributed by atoms with Crippen LogP contribution in [0.1, 0.15) is 73.6 Å². The zero-order valence-corrected chi connectivity index (χ0v) is 28.0. The maximum atomic E-state index is 13.5. The van der Waals surface area contributed by atoms with E-state index >= 15 is 0 Å². The first-order chi connectivity index (χ1) is 21.7. The van der Waals surface area contributed by atoms with Crippen LogP contribution in [0.25, 0.3) is 0 Å². The SMILES string of the molecule is CC[C@H](C)[C@H](NC(=O)[C@H](CO)NC(=O)[C@H](CC(N)=O)NC(=O)[C@@H](N)CC(C)C)C(=O)N[C@@H](CC(C)C)C(=O)N[C@@H](CC(N)=O)C(N)=O. The van der Waals surface area contributed by atoms with E-state index in [2.05, 4.69) is 26.6 Å². The predicted octanol–water partition coefficient (Wildman–Crippen LogP) is -3.90. The third kappa shape index (κ3) is 16.2. The Morgan fingerprint density at radius 3 is 1.45 bits per heavy atom. The molecule has 14 N–H and O–H groups in total. The lowest BCUT2D eigenvalue weighted by Gasteiger charge is -2.29. The van der Waals surface area contributed by atoms with Gasteiger partial charge in [-0.25, -0.2) is 0 Å². The molecule has 0 bridgehead atoms. The number of primary amides is 3. The quantitative estimate of drug-likeness (QED) is 0.0533. The Morgan fingerprint density at radius 1 is 0.574 bits per heavy atom. The van der Waals surface area contributed by atoms with E-state index in [1.165, 1.54) is 0 Å². The van der Waals surface area contributed by atoms with E-state index in [0.29, 0.717) is 6.42 Å².